The van der Waals surface area contributed by atoms with Crippen LogP contribution in [-0.2, 0) is 9.84 Å². The van der Waals surface area contributed by atoms with Crippen molar-refractivity contribution in [3.63, 3.8) is 0 Å². The van der Waals surface area contributed by atoms with Gasteiger partial charge in [0.25, 0.3) is 0 Å². The molecule has 2 atom stereocenters. The first kappa shape index (κ1) is 14.8. The Hall–Kier alpha value is -1.15. The highest BCUT2D eigenvalue weighted by Crippen LogP contribution is 2.36. The Labute approximate surface area is 126 Å². The molecule has 2 aliphatic heterocycles. The molecule has 8 heteroatoms. The number of rotatable bonds is 2. The van der Waals surface area contributed by atoms with Gasteiger partial charge in [0.05, 0.1) is 29.3 Å². The summed E-state index contributed by atoms with van der Waals surface area (Å²) in [6.45, 7) is 1.94. The second kappa shape index (κ2) is 5.24. The lowest BCUT2D eigenvalue weighted by Gasteiger charge is -2.26. The van der Waals surface area contributed by atoms with Gasteiger partial charge in [-0.1, -0.05) is 18.7 Å². The van der Waals surface area contributed by atoms with Crippen LogP contribution in [0.25, 0.3) is 0 Å². The number of hydrogen-bond acceptors (Lipinski definition) is 5. The molecule has 114 valence electrons. The Morgan fingerprint density at radius 3 is 2.81 bits per heavy atom. The van der Waals surface area contributed by atoms with Gasteiger partial charge in [-0.25, -0.2) is 17.2 Å². The van der Waals surface area contributed by atoms with E-state index < -0.39 is 27.5 Å². The molecule has 2 aliphatic rings. The van der Waals surface area contributed by atoms with Crippen molar-refractivity contribution in [1.29, 1.82) is 0 Å². The number of thioether (sulfide) groups is 1. The van der Waals surface area contributed by atoms with Gasteiger partial charge in [-0.05, 0) is 17.9 Å². The summed E-state index contributed by atoms with van der Waals surface area (Å²) in [7, 11) is -3.16. The standard InChI is InChI=1S/C13H14F2N2O2S2/c1-2-20-13-16-10-6-21(18,19)7-12(10)17(13)11-4-3-8(14)5-9(11)15/h3-5,10,12H,2,6-7H2,1H3/t10-,12+/m1/s1. The predicted molar refractivity (Wildman–Crippen MR) is 80.6 cm³/mol. The van der Waals surface area contributed by atoms with Gasteiger partial charge in [-0.3, -0.25) is 4.99 Å². The molecule has 0 unspecified atom stereocenters. The van der Waals surface area contributed by atoms with Gasteiger partial charge in [0.15, 0.2) is 15.0 Å². The fourth-order valence-electron chi connectivity index (χ4n) is 2.72. The zero-order valence-electron chi connectivity index (χ0n) is 11.3. The van der Waals surface area contributed by atoms with Gasteiger partial charge in [0.1, 0.15) is 11.6 Å². The first-order valence-corrected chi connectivity index (χ1v) is 9.37. The molecule has 0 bridgehead atoms. The number of sulfone groups is 1. The van der Waals surface area contributed by atoms with Gasteiger partial charge in [0, 0.05) is 6.07 Å². The number of fused-ring (bicyclic) bond motifs is 1. The van der Waals surface area contributed by atoms with Crippen molar-refractivity contribution < 1.29 is 17.2 Å². The lowest BCUT2D eigenvalue weighted by atomic mass is 10.1. The Balaban J connectivity index is 2.03. The fraction of sp³-hybridized carbons (Fsp3) is 0.462. The first-order chi connectivity index (χ1) is 9.91. The fourth-order valence-corrected chi connectivity index (χ4v) is 5.41. The Bertz CT molecular complexity index is 706. The van der Waals surface area contributed by atoms with Crippen LogP contribution >= 0.6 is 11.8 Å². The van der Waals surface area contributed by atoms with E-state index in [2.05, 4.69) is 4.99 Å². The van der Waals surface area contributed by atoms with Crippen LogP contribution in [-0.4, -0.2) is 42.9 Å². The van der Waals surface area contributed by atoms with Gasteiger partial charge in [-0.15, -0.1) is 0 Å². The molecular weight excluding hydrogens is 318 g/mol. The van der Waals surface area contributed by atoms with Crippen LogP contribution in [0.4, 0.5) is 14.5 Å². The second-order valence-corrected chi connectivity index (χ2v) is 8.41. The van der Waals surface area contributed by atoms with Crippen molar-refractivity contribution >= 4 is 32.5 Å². The summed E-state index contributed by atoms with van der Waals surface area (Å²) >= 11 is 1.43. The molecule has 0 radical (unpaired) electrons. The smallest absolute Gasteiger partial charge is 0.164 e. The van der Waals surface area contributed by atoms with E-state index in [1.165, 1.54) is 23.9 Å². The Kier molecular flexibility index (Phi) is 3.69. The van der Waals surface area contributed by atoms with Crippen LogP contribution in [0.5, 0.6) is 0 Å². The van der Waals surface area contributed by atoms with Crippen LogP contribution < -0.4 is 4.90 Å². The summed E-state index contributed by atoms with van der Waals surface area (Å²) in [5, 5.41) is 0.605. The van der Waals surface area contributed by atoms with Gasteiger partial charge >= 0.3 is 0 Å². The van der Waals surface area contributed by atoms with E-state index in [0.717, 1.165) is 11.8 Å². The third-order valence-corrected chi connectivity index (χ3v) is 6.10. The minimum Gasteiger partial charge on any atom is -0.312 e. The zero-order chi connectivity index (χ0) is 15.2. The molecule has 4 nitrogen and oxygen atoms in total. The summed E-state index contributed by atoms with van der Waals surface area (Å²) in [5.41, 5.74) is 0.181. The highest BCUT2D eigenvalue weighted by Gasteiger charge is 2.47. The average Bonchev–Trinajstić information content (AvgIpc) is 2.82. The molecule has 0 aromatic heterocycles. The normalized spacial score (nSPS) is 26.8. The van der Waals surface area contributed by atoms with Crippen molar-refractivity contribution in [2.24, 2.45) is 4.99 Å². The molecule has 0 saturated carbocycles. The average molecular weight is 332 g/mol. The summed E-state index contributed by atoms with van der Waals surface area (Å²) in [6, 6.07) is 2.55. The van der Waals surface area contributed by atoms with Gasteiger partial charge in [-0.2, -0.15) is 0 Å². The topological polar surface area (TPSA) is 49.7 Å². The molecule has 1 aromatic carbocycles. The maximum absolute atomic E-state index is 14.1. The maximum atomic E-state index is 14.1. The number of aliphatic imine (C=N–C) groups is 1. The number of halogens is 2. The highest BCUT2D eigenvalue weighted by atomic mass is 32.2. The van der Waals surface area contributed by atoms with Crippen molar-refractivity contribution in [2.75, 3.05) is 22.2 Å². The van der Waals surface area contributed by atoms with E-state index in [-0.39, 0.29) is 23.2 Å². The van der Waals surface area contributed by atoms with Crippen LogP contribution in [0.3, 0.4) is 0 Å². The maximum Gasteiger partial charge on any atom is 0.164 e. The first-order valence-electron chi connectivity index (χ1n) is 6.56. The quantitative estimate of drug-likeness (QED) is 0.832. The molecular formula is C13H14F2N2O2S2. The minimum atomic E-state index is -3.16. The number of amidine groups is 1. The molecule has 2 heterocycles. The molecule has 0 aliphatic carbocycles. The van der Waals surface area contributed by atoms with E-state index in [0.29, 0.717) is 5.17 Å². The highest BCUT2D eigenvalue weighted by molar-refractivity contribution is 8.14. The van der Waals surface area contributed by atoms with E-state index in [9.17, 15) is 17.2 Å². The number of anilines is 1. The second-order valence-electron chi connectivity index (χ2n) is 5.02. The summed E-state index contributed by atoms with van der Waals surface area (Å²) in [4.78, 5) is 6.03. The molecule has 1 fully saturated rings. The number of benzene rings is 1. The van der Waals surface area contributed by atoms with Gasteiger partial charge in [0.2, 0.25) is 0 Å². The van der Waals surface area contributed by atoms with Crippen LogP contribution in [0.2, 0.25) is 0 Å². The third kappa shape index (κ3) is 2.66. The molecule has 1 saturated heterocycles. The molecule has 0 amide bonds. The summed E-state index contributed by atoms with van der Waals surface area (Å²) in [6.07, 6.45) is 0. The molecule has 3 rings (SSSR count). The van der Waals surface area contributed by atoms with E-state index >= 15 is 0 Å². The predicted octanol–water partition coefficient (Wildman–Crippen LogP) is 2.06. The minimum absolute atomic E-state index is 0.00917. The summed E-state index contributed by atoms with van der Waals surface area (Å²) in [5.74, 6) is -0.682. The van der Waals surface area contributed by atoms with Crippen molar-refractivity contribution in [3.05, 3.63) is 29.8 Å². The largest absolute Gasteiger partial charge is 0.312 e. The lowest BCUT2D eigenvalue weighted by Crippen LogP contribution is -2.39. The molecule has 21 heavy (non-hydrogen) atoms. The van der Waals surface area contributed by atoms with Crippen molar-refractivity contribution in [2.45, 2.75) is 19.0 Å². The Morgan fingerprint density at radius 1 is 1.38 bits per heavy atom. The van der Waals surface area contributed by atoms with E-state index in [1.54, 1.807) is 4.90 Å². The SMILES string of the molecule is CCSC1=N[C@@H]2CS(=O)(=O)C[C@@H]2N1c1ccc(F)cc1F. The lowest BCUT2D eigenvalue weighted by molar-refractivity contribution is 0.577. The Morgan fingerprint density at radius 2 is 2.14 bits per heavy atom. The van der Waals surface area contributed by atoms with Gasteiger partial charge < -0.3 is 4.90 Å². The number of nitrogens with zero attached hydrogens (tertiary/aromatic N) is 2. The molecule has 0 N–H and O–H groups in total. The van der Waals surface area contributed by atoms with Crippen molar-refractivity contribution in [3.8, 4) is 0 Å². The van der Waals surface area contributed by atoms with Crippen LogP contribution in [0.15, 0.2) is 23.2 Å². The third-order valence-electron chi connectivity index (χ3n) is 3.55. The van der Waals surface area contributed by atoms with E-state index in [4.69, 9.17) is 0 Å². The molecule has 0 spiro atoms. The number of hydrogen-bond donors (Lipinski definition) is 0. The van der Waals surface area contributed by atoms with Crippen LogP contribution in [0.1, 0.15) is 6.92 Å². The molecule has 1 aromatic rings. The zero-order valence-corrected chi connectivity index (χ0v) is 12.9. The summed E-state index contributed by atoms with van der Waals surface area (Å²) < 4.78 is 50.7. The monoisotopic (exact) mass is 332 g/mol. The van der Waals surface area contributed by atoms with E-state index in [1.807, 2.05) is 6.92 Å². The van der Waals surface area contributed by atoms with Crippen molar-refractivity contribution in [1.82, 2.24) is 0 Å². The van der Waals surface area contributed by atoms with Crippen LogP contribution in [0, 0.1) is 11.6 Å².